The van der Waals surface area contributed by atoms with Gasteiger partial charge in [0.2, 0.25) is 20.9 Å². The summed E-state index contributed by atoms with van der Waals surface area (Å²) in [6, 6.07) is 4.74. The zero-order chi connectivity index (χ0) is 16.4. The summed E-state index contributed by atoms with van der Waals surface area (Å²) in [6.45, 7) is 0.479. The quantitative estimate of drug-likeness (QED) is 0.688. The Morgan fingerprint density at radius 2 is 2.13 bits per heavy atom. The molecule has 0 amide bonds. The number of nitrogens with zero attached hydrogens (tertiary/aromatic N) is 2. The molecule has 3 rings (SSSR count). The lowest BCUT2D eigenvalue weighted by Crippen LogP contribution is -2.04. The Kier molecular flexibility index (Phi) is 4.24. The van der Waals surface area contributed by atoms with Crippen molar-refractivity contribution in [1.29, 1.82) is 0 Å². The van der Waals surface area contributed by atoms with Gasteiger partial charge in [-0.1, -0.05) is 0 Å². The highest BCUT2D eigenvalue weighted by molar-refractivity contribution is 7.93. The SMILES string of the molecule is CNCc1cc(-c2cccnc2F)c(S(=O)(=O)c2ncc[nH]2)s1. The molecule has 9 heteroatoms. The number of halogens is 1. The van der Waals surface area contributed by atoms with Gasteiger partial charge in [0.15, 0.2) is 0 Å². The third-order valence-electron chi connectivity index (χ3n) is 3.12. The number of hydrogen-bond donors (Lipinski definition) is 2. The van der Waals surface area contributed by atoms with Crippen molar-refractivity contribution < 1.29 is 12.8 Å². The molecule has 0 aliphatic carbocycles. The van der Waals surface area contributed by atoms with Crippen LogP contribution >= 0.6 is 11.3 Å². The van der Waals surface area contributed by atoms with Gasteiger partial charge in [-0.05, 0) is 25.2 Å². The van der Waals surface area contributed by atoms with Crippen molar-refractivity contribution in [2.45, 2.75) is 15.9 Å². The van der Waals surface area contributed by atoms with E-state index in [1.165, 1.54) is 24.7 Å². The van der Waals surface area contributed by atoms with E-state index in [9.17, 15) is 12.8 Å². The fraction of sp³-hybridized carbons (Fsp3) is 0.143. The maximum Gasteiger partial charge on any atom is 0.249 e. The van der Waals surface area contributed by atoms with E-state index in [1.807, 2.05) is 0 Å². The first-order chi connectivity index (χ1) is 11.0. The summed E-state index contributed by atoms with van der Waals surface area (Å²) < 4.78 is 39.6. The van der Waals surface area contributed by atoms with E-state index in [4.69, 9.17) is 0 Å². The molecule has 0 bridgehead atoms. The highest BCUT2D eigenvalue weighted by atomic mass is 32.2. The normalized spacial score (nSPS) is 11.7. The smallest absolute Gasteiger partial charge is 0.249 e. The molecule has 0 aromatic carbocycles. The van der Waals surface area contributed by atoms with Gasteiger partial charge in [-0.3, -0.25) is 0 Å². The van der Waals surface area contributed by atoms with E-state index in [0.29, 0.717) is 12.1 Å². The van der Waals surface area contributed by atoms with Gasteiger partial charge in [-0.15, -0.1) is 11.3 Å². The number of pyridine rings is 1. The topological polar surface area (TPSA) is 87.7 Å². The minimum absolute atomic E-state index is 0.0459. The Labute approximate surface area is 136 Å². The number of sulfone groups is 1. The standard InChI is InChI=1S/C14H13FN4O2S2/c1-16-8-9-7-11(10-3-2-4-17-12(10)15)13(22-9)23(20,21)14-18-5-6-19-14/h2-7,16H,8H2,1H3,(H,18,19). The molecule has 6 nitrogen and oxygen atoms in total. The molecule has 3 heterocycles. The van der Waals surface area contributed by atoms with Crippen molar-refractivity contribution in [3.63, 3.8) is 0 Å². The predicted molar refractivity (Wildman–Crippen MR) is 84.3 cm³/mol. The molecule has 0 aliphatic rings. The van der Waals surface area contributed by atoms with E-state index >= 15 is 0 Å². The third kappa shape index (κ3) is 2.90. The van der Waals surface area contributed by atoms with E-state index < -0.39 is 15.8 Å². The summed E-state index contributed by atoms with van der Waals surface area (Å²) in [5.41, 5.74) is 0.443. The first-order valence-electron chi connectivity index (χ1n) is 6.66. The zero-order valence-corrected chi connectivity index (χ0v) is 13.7. The molecule has 2 N–H and O–H groups in total. The lowest BCUT2D eigenvalue weighted by Gasteiger charge is -2.04. The Morgan fingerprint density at radius 1 is 1.30 bits per heavy atom. The molecule has 3 aromatic heterocycles. The van der Waals surface area contributed by atoms with Gasteiger partial charge in [-0.25, -0.2) is 18.4 Å². The van der Waals surface area contributed by atoms with Crippen LogP contribution in [-0.2, 0) is 16.4 Å². The molecule has 120 valence electrons. The molecule has 0 saturated carbocycles. The van der Waals surface area contributed by atoms with Gasteiger partial charge >= 0.3 is 0 Å². The minimum atomic E-state index is -3.86. The van der Waals surface area contributed by atoms with Crippen molar-refractivity contribution in [3.05, 3.63) is 47.6 Å². The first kappa shape index (κ1) is 15.8. The molecular formula is C14H13FN4O2S2. The summed E-state index contributed by atoms with van der Waals surface area (Å²) in [5.74, 6) is -0.711. The molecule has 0 unspecified atom stereocenters. The van der Waals surface area contributed by atoms with Crippen LogP contribution in [0.2, 0.25) is 0 Å². The van der Waals surface area contributed by atoms with E-state index in [2.05, 4.69) is 20.3 Å². The lowest BCUT2D eigenvalue weighted by molar-refractivity contribution is 0.586. The molecule has 0 radical (unpaired) electrons. The molecule has 0 saturated heterocycles. The molecular weight excluding hydrogens is 339 g/mol. The largest absolute Gasteiger partial charge is 0.335 e. The van der Waals surface area contributed by atoms with Crippen LogP contribution < -0.4 is 5.32 Å². The number of imidazole rings is 1. The minimum Gasteiger partial charge on any atom is -0.335 e. The second-order valence-electron chi connectivity index (χ2n) is 4.68. The first-order valence-corrected chi connectivity index (χ1v) is 8.96. The second-order valence-corrected chi connectivity index (χ2v) is 7.88. The maximum atomic E-state index is 14.0. The van der Waals surface area contributed by atoms with E-state index in [0.717, 1.165) is 16.2 Å². The lowest BCUT2D eigenvalue weighted by atomic mass is 10.1. The molecule has 3 aromatic rings. The monoisotopic (exact) mass is 352 g/mol. The number of nitrogens with one attached hydrogen (secondary N) is 2. The van der Waals surface area contributed by atoms with Crippen LogP contribution in [0.25, 0.3) is 11.1 Å². The van der Waals surface area contributed by atoms with Crippen molar-refractivity contribution in [2.24, 2.45) is 0 Å². The summed E-state index contributed by atoms with van der Waals surface area (Å²) in [6.07, 6.45) is 4.11. The second kappa shape index (κ2) is 6.19. The van der Waals surface area contributed by atoms with Crippen LogP contribution in [0, 0.1) is 5.95 Å². The number of hydrogen-bond acceptors (Lipinski definition) is 6. The van der Waals surface area contributed by atoms with Gasteiger partial charge in [0.1, 0.15) is 4.21 Å². The third-order valence-corrected chi connectivity index (χ3v) is 6.40. The molecule has 23 heavy (non-hydrogen) atoms. The predicted octanol–water partition coefficient (Wildman–Crippen LogP) is 2.22. The molecule has 0 spiro atoms. The van der Waals surface area contributed by atoms with Crippen molar-refractivity contribution >= 4 is 21.2 Å². The molecule has 0 atom stereocenters. The van der Waals surface area contributed by atoms with Crippen LogP contribution in [0.5, 0.6) is 0 Å². The zero-order valence-electron chi connectivity index (χ0n) is 12.1. The summed E-state index contributed by atoms with van der Waals surface area (Å²) in [4.78, 5) is 10.8. The van der Waals surface area contributed by atoms with Crippen LogP contribution in [-0.4, -0.2) is 30.4 Å². The fourth-order valence-electron chi connectivity index (χ4n) is 2.14. The Morgan fingerprint density at radius 3 is 2.78 bits per heavy atom. The van der Waals surface area contributed by atoms with E-state index in [-0.39, 0.29) is 14.9 Å². The van der Waals surface area contributed by atoms with Crippen molar-refractivity contribution in [3.8, 4) is 11.1 Å². The highest BCUT2D eigenvalue weighted by Gasteiger charge is 2.28. The van der Waals surface area contributed by atoms with Gasteiger partial charge in [0.05, 0.1) is 0 Å². The molecule has 0 fully saturated rings. The average Bonchev–Trinajstić information content (AvgIpc) is 3.18. The number of rotatable bonds is 5. The number of aromatic nitrogens is 3. The Bertz CT molecular complexity index is 920. The Hall–Kier alpha value is -2.10. The van der Waals surface area contributed by atoms with Crippen LogP contribution in [0.4, 0.5) is 4.39 Å². The van der Waals surface area contributed by atoms with Crippen LogP contribution in [0.3, 0.4) is 0 Å². The van der Waals surface area contributed by atoms with Gasteiger partial charge in [0.25, 0.3) is 0 Å². The fourth-order valence-corrected chi connectivity index (χ4v) is 5.11. The Balaban J connectivity index is 2.22. The van der Waals surface area contributed by atoms with Crippen LogP contribution in [0.15, 0.2) is 46.2 Å². The maximum absolute atomic E-state index is 14.0. The highest BCUT2D eigenvalue weighted by Crippen LogP contribution is 2.38. The van der Waals surface area contributed by atoms with Gasteiger partial charge < -0.3 is 10.3 Å². The summed E-state index contributed by atoms with van der Waals surface area (Å²) in [7, 11) is -2.10. The van der Waals surface area contributed by atoms with Crippen molar-refractivity contribution in [1.82, 2.24) is 20.3 Å². The van der Waals surface area contributed by atoms with Gasteiger partial charge in [0, 0.05) is 41.1 Å². The summed E-state index contributed by atoms with van der Waals surface area (Å²) in [5, 5.41) is 2.79. The number of thiophene rings is 1. The van der Waals surface area contributed by atoms with Crippen molar-refractivity contribution in [2.75, 3.05) is 7.05 Å². The van der Waals surface area contributed by atoms with Gasteiger partial charge in [-0.2, -0.15) is 4.39 Å². The van der Waals surface area contributed by atoms with Crippen LogP contribution in [0.1, 0.15) is 4.88 Å². The number of H-pyrrole nitrogens is 1. The summed E-state index contributed by atoms with van der Waals surface area (Å²) >= 11 is 1.09. The van der Waals surface area contributed by atoms with E-state index in [1.54, 1.807) is 19.2 Å². The molecule has 0 aliphatic heterocycles. The average molecular weight is 352 g/mol. The number of aromatic amines is 1.